The third kappa shape index (κ3) is 3.76. The van der Waals surface area contributed by atoms with E-state index in [4.69, 9.17) is 0 Å². The zero-order chi connectivity index (χ0) is 22.4. The van der Waals surface area contributed by atoms with Gasteiger partial charge in [0, 0.05) is 0 Å². The number of unbranched alkanes of at least 4 members (excludes halogenated alkanes) is 2. The molecule has 0 saturated heterocycles. The molecule has 2 aromatic carbocycles. The monoisotopic (exact) mass is 596 g/mol. The molecule has 2 unspecified atom stereocenters. The van der Waals surface area contributed by atoms with E-state index in [2.05, 4.69) is 92.5 Å². The Hall–Kier alpha value is -0.993. The van der Waals surface area contributed by atoms with E-state index in [-0.39, 0.29) is 0 Å². The molecule has 31 heavy (non-hydrogen) atoms. The van der Waals surface area contributed by atoms with Crippen molar-refractivity contribution in [2.24, 2.45) is 0 Å². The SMILES string of the molecule is CCCCC[SiH]=[Hf]([CH3])([CH3])([CH]1C(C)=Cc2c(C)cccc21)[CH]1C(C)=Cc2c(C)cccc21. The second kappa shape index (κ2) is 8.41. The third-order valence-electron chi connectivity index (χ3n) is 8.41. The molecule has 2 heteroatoms. The number of fused-ring (bicyclic) bond motifs is 2. The number of allylic oxidation sites excluding steroid dienone is 2. The van der Waals surface area contributed by atoms with E-state index in [1.54, 1.807) is 22.3 Å². The first kappa shape index (κ1) is 23.2. The summed E-state index contributed by atoms with van der Waals surface area (Å²) in [7, 11) is 0. The average molecular weight is 595 g/mol. The summed E-state index contributed by atoms with van der Waals surface area (Å²) in [5.41, 5.74) is 12.6. The van der Waals surface area contributed by atoms with Crippen LogP contribution in [0.25, 0.3) is 12.2 Å². The first-order chi connectivity index (χ1) is 14.7. The zero-order valence-electron chi connectivity index (χ0n) is 20.7. The van der Waals surface area contributed by atoms with Crippen LogP contribution in [-0.4, -0.2) is 6.22 Å². The zero-order valence-corrected chi connectivity index (χ0v) is 25.4. The van der Waals surface area contributed by atoms with Crippen LogP contribution >= 0.6 is 0 Å². The fraction of sp³-hybridized carbons (Fsp3) is 0.448. The van der Waals surface area contributed by atoms with Gasteiger partial charge in [0.1, 0.15) is 0 Å². The van der Waals surface area contributed by atoms with Crippen molar-refractivity contribution in [3.63, 3.8) is 0 Å². The minimum atomic E-state index is -3.50. The van der Waals surface area contributed by atoms with Crippen molar-refractivity contribution in [2.75, 3.05) is 0 Å². The van der Waals surface area contributed by atoms with Gasteiger partial charge in [0.05, 0.1) is 0 Å². The van der Waals surface area contributed by atoms with E-state index >= 15 is 0 Å². The van der Waals surface area contributed by atoms with Crippen molar-refractivity contribution in [2.45, 2.75) is 76.6 Å². The van der Waals surface area contributed by atoms with Gasteiger partial charge in [-0.3, -0.25) is 0 Å². The van der Waals surface area contributed by atoms with Gasteiger partial charge in [-0.05, 0) is 0 Å². The Morgan fingerprint density at radius 3 is 1.68 bits per heavy atom. The van der Waals surface area contributed by atoms with Crippen LogP contribution in [-0.2, 0) is 17.1 Å². The molecule has 0 amide bonds. The molecule has 0 fully saturated rings. The van der Waals surface area contributed by atoms with Gasteiger partial charge in [0.25, 0.3) is 0 Å². The Morgan fingerprint density at radius 1 is 0.742 bits per heavy atom. The van der Waals surface area contributed by atoms with Gasteiger partial charge in [-0.1, -0.05) is 0 Å². The molecule has 2 aliphatic rings. The molecule has 0 spiro atoms. The summed E-state index contributed by atoms with van der Waals surface area (Å²) in [6, 6.07) is 15.6. The average Bonchev–Trinajstić information content (AvgIpc) is 3.24. The summed E-state index contributed by atoms with van der Waals surface area (Å²) in [4.78, 5) is 0. The number of hydrogen-bond acceptors (Lipinski definition) is 0. The molecule has 0 nitrogen and oxygen atoms in total. The van der Waals surface area contributed by atoms with Crippen LogP contribution in [0.2, 0.25) is 15.4 Å². The van der Waals surface area contributed by atoms with E-state index in [0.717, 1.165) is 0 Å². The fourth-order valence-electron chi connectivity index (χ4n) is 7.19. The van der Waals surface area contributed by atoms with Gasteiger partial charge in [-0.25, -0.2) is 0 Å². The van der Waals surface area contributed by atoms with E-state index in [1.165, 1.54) is 47.6 Å². The molecular formula is C29H40HfSi. The predicted molar refractivity (Wildman–Crippen MR) is 138 cm³/mol. The number of benzene rings is 2. The minimum absolute atomic E-state index is 0.479. The fourth-order valence-corrected chi connectivity index (χ4v) is 54.4. The Balaban J connectivity index is 1.97. The molecule has 0 N–H and O–H groups in total. The molecule has 2 aromatic rings. The van der Waals surface area contributed by atoms with Crippen molar-refractivity contribution < 1.29 is 17.1 Å². The quantitative estimate of drug-likeness (QED) is 0.232. The van der Waals surface area contributed by atoms with E-state index in [1.807, 2.05) is 0 Å². The topological polar surface area (TPSA) is 0 Å². The van der Waals surface area contributed by atoms with Crippen molar-refractivity contribution in [1.82, 2.24) is 0 Å². The van der Waals surface area contributed by atoms with Gasteiger partial charge >= 0.3 is 193 Å². The molecule has 0 aromatic heterocycles. The van der Waals surface area contributed by atoms with Crippen LogP contribution in [0.15, 0.2) is 47.5 Å². The van der Waals surface area contributed by atoms with Crippen LogP contribution in [0.3, 0.4) is 0 Å². The van der Waals surface area contributed by atoms with E-state index in [9.17, 15) is 0 Å². The van der Waals surface area contributed by atoms with Crippen LogP contribution in [0.5, 0.6) is 0 Å². The summed E-state index contributed by atoms with van der Waals surface area (Å²) >= 11 is -3.50. The van der Waals surface area contributed by atoms with Gasteiger partial charge in [-0.2, -0.15) is 0 Å². The first-order valence-electron chi connectivity index (χ1n) is 12.3. The van der Waals surface area contributed by atoms with Crippen molar-refractivity contribution >= 4 is 18.4 Å². The molecule has 2 atom stereocenters. The normalized spacial score (nSPS) is 20.3. The second-order valence-electron chi connectivity index (χ2n) is 11.2. The Bertz CT molecular complexity index is 1080. The molecular weight excluding hydrogens is 555 g/mol. The summed E-state index contributed by atoms with van der Waals surface area (Å²) in [5.74, 6) is 0. The molecule has 164 valence electrons. The third-order valence-corrected chi connectivity index (χ3v) is 51.4. The van der Waals surface area contributed by atoms with Crippen LogP contribution in [0.1, 0.15) is 80.8 Å². The summed E-state index contributed by atoms with van der Waals surface area (Å²) in [6.45, 7) is 11.8. The molecule has 4 rings (SSSR count). The maximum absolute atomic E-state index is 3.50. The molecule has 0 aliphatic heterocycles. The van der Waals surface area contributed by atoms with Crippen LogP contribution in [0.4, 0.5) is 0 Å². The number of hydrogen-bond donors (Lipinski definition) is 0. The van der Waals surface area contributed by atoms with E-state index < -0.39 is 17.1 Å². The summed E-state index contributed by atoms with van der Waals surface area (Å²) in [6.07, 6.45) is 9.72. The Kier molecular flexibility index (Phi) is 6.29. The van der Waals surface area contributed by atoms with Crippen LogP contribution < -0.4 is 0 Å². The summed E-state index contributed by atoms with van der Waals surface area (Å²) in [5, 5.41) is 0. The summed E-state index contributed by atoms with van der Waals surface area (Å²) < 4.78 is 7.14. The number of rotatable bonds is 6. The first-order valence-corrected chi connectivity index (χ1v) is 31.2. The van der Waals surface area contributed by atoms with Gasteiger partial charge in [0.15, 0.2) is 0 Å². The molecule has 2 aliphatic carbocycles. The standard InChI is InChI=1S/2C11H11.C5H12Si.2CH3.Hf/c2*1-8-6-10-5-3-4-9(2)11(10)7-8;1-2-3-4-5-6;;;/h2*3-7H,1-2H3;6H,2-5H2,1H3;2*1H3;. The number of aryl methyl sites for hydroxylation is 2. The molecule has 0 saturated carbocycles. The van der Waals surface area contributed by atoms with Crippen LogP contribution in [0, 0.1) is 13.8 Å². The maximum atomic E-state index is 2.87. The van der Waals surface area contributed by atoms with Gasteiger partial charge < -0.3 is 0 Å². The van der Waals surface area contributed by atoms with E-state index in [0.29, 0.717) is 13.6 Å². The van der Waals surface area contributed by atoms with Gasteiger partial charge in [-0.15, -0.1) is 0 Å². The molecule has 0 radical (unpaired) electrons. The Labute approximate surface area is 192 Å². The second-order valence-corrected chi connectivity index (χ2v) is 55.3. The molecule has 0 bridgehead atoms. The van der Waals surface area contributed by atoms with Crippen molar-refractivity contribution in [3.8, 4) is 0 Å². The molecule has 0 heterocycles. The van der Waals surface area contributed by atoms with Gasteiger partial charge in [0.2, 0.25) is 0 Å². The predicted octanol–water partition coefficient (Wildman–Crippen LogP) is 8.67. The van der Waals surface area contributed by atoms with Crippen molar-refractivity contribution in [3.05, 3.63) is 80.9 Å². The Morgan fingerprint density at radius 2 is 1.23 bits per heavy atom. The van der Waals surface area contributed by atoms with Crippen molar-refractivity contribution in [1.29, 1.82) is 0 Å².